The van der Waals surface area contributed by atoms with Crippen molar-refractivity contribution in [2.75, 3.05) is 12.2 Å². The Labute approximate surface area is 127 Å². The van der Waals surface area contributed by atoms with Crippen LogP contribution in [0.3, 0.4) is 0 Å². The van der Waals surface area contributed by atoms with Gasteiger partial charge < -0.3 is 15.2 Å². The fraction of sp³-hybridized carbons (Fsp3) is 0.188. The molecule has 3 N–H and O–H groups in total. The predicted molar refractivity (Wildman–Crippen MR) is 80.5 cm³/mol. The zero-order valence-corrected chi connectivity index (χ0v) is 12.0. The number of ether oxygens (including phenoxy) is 2. The molecule has 0 radical (unpaired) electrons. The van der Waals surface area contributed by atoms with Crippen molar-refractivity contribution in [1.82, 2.24) is 0 Å². The van der Waals surface area contributed by atoms with E-state index in [1.165, 1.54) is 0 Å². The minimum Gasteiger partial charge on any atom is -0.497 e. The first kappa shape index (κ1) is 14.4. The number of nitrogens with zero attached hydrogens (tertiary/aromatic N) is 1. The molecular weight excluding hydrogens is 284 g/mol. The molecule has 1 heterocycles. The summed E-state index contributed by atoms with van der Waals surface area (Å²) in [6.07, 6.45) is 0.362. The Morgan fingerprint density at radius 1 is 1.18 bits per heavy atom. The maximum atomic E-state index is 11.6. The minimum absolute atomic E-state index is 0.362. The fourth-order valence-electron chi connectivity index (χ4n) is 2.40. The molecule has 0 bridgehead atoms. The first-order valence-electron chi connectivity index (χ1n) is 6.82. The van der Waals surface area contributed by atoms with Crippen LogP contribution >= 0.6 is 0 Å². The van der Waals surface area contributed by atoms with Gasteiger partial charge in [-0.2, -0.15) is 5.06 Å². The van der Waals surface area contributed by atoms with Gasteiger partial charge in [0.15, 0.2) is 0 Å². The molecule has 2 aromatic rings. The third-order valence-corrected chi connectivity index (χ3v) is 3.52. The van der Waals surface area contributed by atoms with Crippen molar-refractivity contribution in [2.45, 2.75) is 12.5 Å². The molecule has 2 aromatic carbocycles. The molecule has 0 aromatic heterocycles. The van der Waals surface area contributed by atoms with Gasteiger partial charge in [-0.3, -0.25) is 10.0 Å². The molecule has 3 rings (SSSR count). The standard InChI is InChI=1S/C16H16N2O4/c1-21-11-3-2-4-12(9-11)22-13-5-6-15-10(7-13)8-14(17)16(19)18(15)20/h2-7,9,14,20H,8,17H2,1H3/t14-/m0/s1. The number of amides is 1. The molecule has 1 atom stereocenters. The number of hydroxylamine groups is 1. The number of fused-ring (bicyclic) bond motifs is 1. The lowest BCUT2D eigenvalue weighted by Crippen LogP contribution is -2.47. The van der Waals surface area contributed by atoms with Crippen molar-refractivity contribution in [1.29, 1.82) is 0 Å². The summed E-state index contributed by atoms with van der Waals surface area (Å²) in [5.74, 6) is 1.43. The Hall–Kier alpha value is -2.57. The number of rotatable bonds is 3. The average molecular weight is 300 g/mol. The summed E-state index contributed by atoms with van der Waals surface area (Å²) in [7, 11) is 1.59. The Kier molecular flexibility index (Phi) is 3.70. The van der Waals surface area contributed by atoms with Gasteiger partial charge in [-0.25, -0.2) is 0 Å². The van der Waals surface area contributed by atoms with E-state index in [1.54, 1.807) is 31.4 Å². The number of nitrogens with two attached hydrogens (primary N) is 1. The number of hydrogen-bond acceptors (Lipinski definition) is 5. The third-order valence-electron chi connectivity index (χ3n) is 3.52. The lowest BCUT2D eigenvalue weighted by molar-refractivity contribution is -0.125. The summed E-state index contributed by atoms with van der Waals surface area (Å²) in [5.41, 5.74) is 6.91. The molecule has 0 fully saturated rings. The molecule has 0 saturated heterocycles. The molecular formula is C16H16N2O4. The molecule has 6 nitrogen and oxygen atoms in total. The van der Waals surface area contributed by atoms with Crippen LogP contribution in [0.15, 0.2) is 42.5 Å². The maximum Gasteiger partial charge on any atom is 0.267 e. The maximum absolute atomic E-state index is 11.6. The van der Waals surface area contributed by atoms with Crippen molar-refractivity contribution in [3.8, 4) is 17.2 Å². The van der Waals surface area contributed by atoms with Gasteiger partial charge >= 0.3 is 0 Å². The summed E-state index contributed by atoms with van der Waals surface area (Å²) >= 11 is 0. The van der Waals surface area contributed by atoms with Gasteiger partial charge in [0, 0.05) is 6.07 Å². The number of hydrogen-bond donors (Lipinski definition) is 2. The molecule has 22 heavy (non-hydrogen) atoms. The molecule has 1 aliphatic heterocycles. The zero-order chi connectivity index (χ0) is 15.7. The summed E-state index contributed by atoms with van der Waals surface area (Å²) in [4.78, 5) is 11.6. The van der Waals surface area contributed by atoms with E-state index in [0.29, 0.717) is 34.4 Å². The van der Waals surface area contributed by atoms with Gasteiger partial charge in [0.25, 0.3) is 5.91 Å². The van der Waals surface area contributed by atoms with Crippen LogP contribution in [0.2, 0.25) is 0 Å². The van der Waals surface area contributed by atoms with Crippen LogP contribution in [0.1, 0.15) is 5.56 Å². The number of anilines is 1. The number of methoxy groups -OCH3 is 1. The smallest absolute Gasteiger partial charge is 0.267 e. The first-order valence-corrected chi connectivity index (χ1v) is 6.82. The van der Waals surface area contributed by atoms with Gasteiger partial charge in [0.2, 0.25) is 0 Å². The summed E-state index contributed by atoms with van der Waals surface area (Å²) in [6.45, 7) is 0. The summed E-state index contributed by atoms with van der Waals surface area (Å²) < 4.78 is 10.9. The van der Waals surface area contributed by atoms with Crippen LogP contribution in [0.5, 0.6) is 17.2 Å². The van der Waals surface area contributed by atoms with Crippen molar-refractivity contribution < 1.29 is 19.5 Å². The van der Waals surface area contributed by atoms with Crippen molar-refractivity contribution in [3.63, 3.8) is 0 Å². The highest BCUT2D eigenvalue weighted by Crippen LogP contribution is 2.32. The predicted octanol–water partition coefficient (Wildman–Crippen LogP) is 2.09. The van der Waals surface area contributed by atoms with Gasteiger partial charge in [-0.15, -0.1) is 0 Å². The van der Waals surface area contributed by atoms with Crippen LogP contribution < -0.4 is 20.3 Å². The largest absolute Gasteiger partial charge is 0.497 e. The van der Waals surface area contributed by atoms with Crippen molar-refractivity contribution in [2.24, 2.45) is 5.73 Å². The topological polar surface area (TPSA) is 85.0 Å². The minimum atomic E-state index is -0.746. The highest BCUT2D eigenvalue weighted by Gasteiger charge is 2.29. The molecule has 6 heteroatoms. The Bertz CT molecular complexity index is 717. The third kappa shape index (κ3) is 2.61. The van der Waals surface area contributed by atoms with Crippen LogP contribution in [-0.4, -0.2) is 24.3 Å². The van der Waals surface area contributed by atoms with Gasteiger partial charge in [0.1, 0.15) is 17.2 Å². The van der Waals surface area contributed by atoms with E-state index in [0.717, 1.165) is 5.56 Å². The monoisotopic (exact) mass is 300 g/mol. The van der Waals surface area contributed by atoms with Gasteiger partial charge in [-0.05, 0) is 42.3 Å². The Morgan fingerprint density at radius 2 is 1.91 bits per heavy atom. The number of benzene rings is 2. The van der Waals surface area contributed by atoms with Crippen LogP contribution in [0.4, 0.5) is 5.69 Å². The van der Waals surface area contributed by atoms with Crippen LogP contribution in [0.25, 0.3) is 0 Å². The van der Waals surface area contributed by atoms with Gasteiger partial charge in [0.05, 0.1) is 18.8 Å². The molecule has 0 unspecified atom stereocenters. The fourth-order valence-corrected chi connectivity index (χ4v) is 2.40. The van der Waals surface area contributed by atoms with E-state index < -0.39 is 11.9 Å². The highest BCUT2D eigenvalue weighted by atomic mass is 16.5. The highest BCUT2D eigenvalue weighted by molar-refractivity contribution is 5.98. The number of carbonyl (C=O) groups is 1. The zero-order valence-electron chi connectivity index (χ0n) is 12.0. The lowest BCUT2D eigenvalue weighted by Gasteiger charge is -2.27. The van der Waals surface area contributed by atoms with Crippen LogP contribution in [-0.2, 0) is 11.2 Å². The molecule has 1 amide bonds. The lowest BCUT2D eigenvalue weighted by atomic mass is 9.99. The molecule has 0 aliphatic carbocycles. The Balaban J connectivity index is 1.87. The first-order chi connectivity index (χ1) is 10.6. The Morgan fingerprint density at radius 3 is 2.68 bits per heavy atom. The number of carbonyl (C=O) groups excluding carboxylic acids is 1. The quantitative estimate of drug-likeness (QED) is 0.848. The normalized spacial score (nSPS) is 17.1. The second-order valence-electron chi connectivity index (χ2n) is 5.03. The van der Waals surface area contributed by atoms with E-state index >= 15 is 0 Å². The SMILES string of the molecule is COc1cccc(Oc2ccc3c(c2)C[C@H](N)C(=O)N3O)c1. The van der Waals surface area contributed by atoms with E-state index in [4.69, 9.17) is 15.2 Å². The van der Waals surface area contributed by atoms with Gasteiger partial charge in [-0.1, -0.05) is 6.07 Å². The molecule has 0 saturated carbocycles. The van der Waals surface area contributed by atoms with E-state index in [-0.39, 0.29) is 0 Å². The molecule has 1 aliphatic rings. The van der Waals surface area contributed by atoms with Crippen molar-refractivity contribution >= 4 is 11.6 Å². The molecule has 0 spiro atoms. The van der Waals surface area contributed by atoms with Crippen LogP contribution in [0, 0.1) is 0 Å². The summed E-state index contributed by atoms with van der Waals surface area (Å²) in [5, 5.41) is 10.4. The average Bonchev–Trinajstić information content (AvgIpc) is 2.53. The van der Waals surface area contributed by atoms with Crippen molar-refractivity contribution in [3.05, 3.63) is 48.0 Å². The van der Waals surface area contributed by atoms with E-state index in [9.17, 15) is 10.0 Å². The second-order valence-corrected chi connectivity index (χ2v) is 5.03. The van der Waals surface area contributed by atoms with E-state index in [1.807, 2.05) is 18.2 Å². The van der Waals surface area contributed by atoms with E-state index in [2.05, 4.69) is 0 Å². The molecule has 114 valence electrons. The second kappa shape index (κ2) is 5.67. The summed E-state index contributed by atoms with van der Waals surface area (Å²) in [6, 6.07) is 11.6.